The number of hydrogen-bond acceptors (Lipinski definition) is 8. The minimum absolute atomic E-state index is 0.0689. The van der Waals surface area contributed by atoms with Crippen LogP contribution in [-0.2, 0) is 27.1 Å². The summed E-state index contributed by atoms with van der Waals surface area (Å²) in [5.74, 6) is -0.416. The quantitative estimate of drug-likeness (QED) is 0.147. The SMILES string of the molecule is O=C(CC(=S)Cc1ccc(Oc2ccnc3cc(-c4ccc(C5OCCCO5)cn4)sc23)c(F)c1)Cc1ccc(F)cc1. The summed E-state index contributed by atoms with van der Waals surface area (Å²) >= 11 is 6.87. The van der Waals surface area contributed by atoms with Crippen LogP contribution in [0, 0.1) is 11.6 Å². The van der Waals surface area contributed by atoms with Gasteiger partial charge in [0.2, 0.25) is 0 Å². The van der Waals surface area contributed by atoms with Crippen molar-refractivity contribution in [2.45, 2.75) is 32.0 Å². The van der Waals surface area contributed by atoms with Crippen molar-refractivity contribution in [2.75, 3.05) is 13.2 Å². The first-order valence-electron chi connectivity index (χ1n) is 13.7. The Kier molecular flexibility index (Phi) is 8.90. The predicted octanol–water partition coefficient (Wildman–Crippen LogP) is 7.98. The standard InChI is InChI=1S/C33H26F2N2O4S2/c34-23-6-2-20(3-7-23)14-24(38)17-25(42)15-21-4-9-29(26(35)16-21)41-30-10-11-36-28-18-31(43-32(28)30)27-8-5-22(19-37-27)33-39-12-1-13-40-33/h2-11,16,18-19,33H,1,12-15,17H2. The number of fused-ring (bicyclic) bond motifs is 1. The van der Waals surface area contributed by atoms with Gasteiger partial charge >= 0.3 is 0 Å². The lowest BCUT2D eigenvalue weighted by Gasteiger charge is -2.23. The van der Waals surface area contributed by atoms with Gasteiger partial charge in [-0.25, -0.2) is 8.78 Å². The number of rotatable bonds is 10. The molecule has 0 atom stereocenters. The van der Waals surface area contributed by atoms with Crippen molar-refractivity contribution in [2.24, 2.45) is 0 Å². The van der Waals surface area contributed by atoms with Crippen LogP contribution in [0.3, 0.4) is 0 Å². The monoisotopic (exact) mass is 616 g/mol. The summed E-state index contributed by atoms with van der Waals surface area (Å²) < 4.78 is 46.3. The fraction of sp³-hybridized carbons (Fsp3) is 0.212. The molecular weight excluding hydrogens is 591 g/mol. The zero-order valence-electron chi connectivity index (χ0n) is 22.9. The molecule has 0 bridgehead atoms. The molecule has 0 amide bonds. The van der Waals surface area contributed by atoms with Gasteiger partial charge in [-0.1, -0.05) is 36.5 Å². The smallest absolute Gasteiger partial charge is 0.185 e. The predicted molar refractivity (Wildman–Crippen MR) is 165 cm³/mol. The number of thiophene rings is 1. The van der Waals surface area contributed by atoms with E-state index in [1.54, 1.807) is 42.7 Å². The molecule has 43 heavy (non-hydrogen) atoms. The second-order valence-corrected chi connectivity index (χ2v) is 11.8. The van der Waals surface area contributed by atoms with E-state index in [-0.39, 0.29) is 36.6 Å². The van der Waals surface area contributed by atoms with Crippen molar-refractivity contribution >= 4 is 44.4 Å². The van der Waals surface area contributed by atoms with Crippen molar-refractivity contribution in [3.05, 3.63) is 107 Å². The fourth-order valence-corrected chi connectivity index (χ4v) is 6.12. The van der Waals surface area contributed by atoms with Gasteiger partial charge in [0, 0.05) is 48.2 Å². The van der Waals surface area contributed by atoms with E-state index in [4.69, 9.17) is 26.4 Å². The molecule has 5 aromatic rings. The second kappa shape index (κ2) is 13.1. The Hall–Kier alpha value is -3.96. The van der Waals surface area contributed by atoms with Crippen LogP contribution in [-0.4, -0.2) is 33.8 Å². The third kappa shape index (κ3) is 7.17. The van der Waals surface area contributed by atoms with Crippen LogP contribution in [0.25, 0.3) is 20.8 Å². The Morgan fingerprint density at radius 2 is 1.72 bits per heavy atom. The van der Waals surface area contributed by atoms with Crippen LogP contribution in [0.4, 0.5) is 8.78 Å². The number of Topliss-reactive ketones (excluding diaryl/α,β-unsaturated/α-hetero) is 1. The highest BCUT2D eigenvalue weighted by Crippen LogP contribution is 2.39. The maximum absolute atomic E-state index is 15.1. The molecule has 1 saturated heterocycles. The molecule has 6 rings (SSSR count). The van der Waals surface area contributed by atoms with Gasteiger partial charge in [0.1, 0.15) is 17.3 Å². The minimum atomic E-state index is -0.538. The number of ketones is 1. The number of halogens is 2. The number of nitrogens with zero attached hydrogens (tertiary/aromatic N) is 2. The van der Waals surface area contributed by atoms with E-state index in [9.17, 15) is 9.18 Å². The number of carbonyl (C=O) groups excluding carboxylic acids is 1. The first-order valence-corrected chi connectivity index (χ1v) is 15.0. The molecule has 0 aliphatic carbocycles. The molecule has 6 nitrogen and oxygen atoms in total. The molecule has 0 unspecified atom stereocenters. The number of benzene rings is 2. The van der Waals surface area contributed by atoms with Crippen LogP contribution in [0.5, 0.6) is 11.5 Å². The van der Waals surface area contributed by atoms with E-state index in [2.05, 4.69) is 9.97 Å². The molecule has 218 valence electrons. The van der Waals surface area contributed by atoms with E-state index in [1.807, 2.05) is 18.2 Å². The van der Waals surface area contributed by atoms with Crippen LogP contribution in [0.15, 0.2) is 79.1 Å². The molecule has 3 aromatic heterocycles. The Balaban J connectivity index is 1.11. The fourth-order valence-electron chi connectivity index (χ4n) is 4.75. The van der Waals surface area contributed by atoms with E-state index < -0.39 is 12.1 Å². The number of pyridine rings is 2. The molecule has 0 spiro atoms. The molecule has 2 aromatic carbocycles. The lowest BCUT2D eigenvalue weighted by atomic mass is 10.0. The average Bonchev–Trinajstić information content (AvgIpc) is 3.46. The molecular formula is C33H26F2N2O4S2. The summed E-state index contributed by atoms with van der Waals surface area (Å²) in [5.41, 5.74) is 3.72. The lowest BCUT2D eigenvalue weighted by Crippen LogP contribution is -2.17. The summed E-state index contributed by atoms with van der Waals surface area (Å²) in [6.45, 7) is 1.32. The zero-order valence-corrected chi connectivity index (χ0v) is 24.6. The van der Waals surface area contributed by atoms with Crippen LogP contribution >= 0.6 is 23.6 Å². The summed E-state index contributed by atoms with van der Waals surface area (Å²) in [7, 11) is 0. The van der Waals surface area contributed by atoms with Gasteiger partial charge in [-0.05, 0) is 53.9 Å². The first-order chi connectivity index (χ1) is 20.9. The van der Waals surface area contributed by atoms with Crippen LogP contribution in [0.1, 0.15) is 35.8 Å². The minimum Gasteiger partial charge on any atom is -0.453 e. The van der Waals surface area contributed by atoms with Gasteiger partial charge < -0.3 is 14.2 Å². The largest absolute Gasteiger partial charge is 0.453 e. The lowest BCUT2D eigenvalue weighted by molar-refractivity contribution is -0.183. The van der Waals surface area contributed by atoms with E-state index >= 15 is 4.39 Å². The zero-order chi connectivity index (χ0) is 29.8. The average molecular weight is 617 g/mol. The third-order valence-electron chi connectivity index (χ3n) is 6.84. The van der Waals surface area contributed by atoms with Gasteiger partial charge in [-0.15, -0.1) is 11.3 Å². The maximum atomic E-state index is 15.1. The topological polar surface area (TPSA) is 70.5 Å². The van der Waals surface area contributed by atoms with Crippen molar-refractivity contribution in [3.8, 4) is 22.1 Å². The Bertz CT molecular complexity index is 1770. The van der Waals surface area contributed by atoms with Crippen LogP contribution < -0.4 is 4.74 Å². The number of ether oxygens (including phenoxy) is 3. The van der Waals surface area contributed by atoms with Gasteiger partial charge in [-0.2, -0.15) is 0 Å². The Labute approximate surface area is 256 Å². The maximum Gasteiger partial charge on any atom is 0.185 e. The molecule has 1 fully saturated rings. The van der Waals surface area contributed by atoms with Gasteiger partial charge in [0.15, 0.2) is 17.9 Å². The molecule has 4 heterocycles. The summed E-state index contributed by atoms with van der Waals surface area (Å²) in [6.07, 6.45) is 4.39. The second-order valence-electron chi connectivity index (χ2n) is 10.1. The summed E-state index contributed by atoms with van der Waals surface area (Å²) in [4.78, 5) is 22.9. The van der Waals surface area contributed by atoms with E-state index in [1.165, 1.54) is 29.5 Å². The molecule has 1 aliphatic rings. The number of aromatic nitrogens is 2. The molecule has 0 N–H and O–H groups in total. The highest BCUT2D eigenvalue weighted by molar-refractivity contribution is 7.80. The first kappa shape index (κ1) is 29.1. The molecule has 1 aliphatic heterocycles. The van der Waals surface area contributed by atoms with Crippen molar-refractivity contribution in [1.29, 1.82) is 0 Å². The molecule has 0 radical (unpaired) electrons. The normalized spacial score (nSPS) is 13.7. The van der Waals surface area contributed by atoms with E-state index in [0.717, 1.165) is 38.3 Å². The van der Waals surface area contributed by atoms with Crippen molar-refractivity contribution in [3.63, 3.8) is 0 Å². The molecule has 0 saturated carbocycles. The Morgan fingerprint density at radius 3 is 2.47 bits per heavy atom. The van der Waals surface area contributed by atoms with Gasteiger partial charge in [0.25, 0.3) is 0 Å². The Morgan fingerprint density at radius 1 is 0.930 bits per heavy atom. The number of hydrogen-bond donors (Lipinski definition) is 0. The number of thiocarbonyl (C=S) groups is 1. The highest BCUT2D eigenvalue weighted by atomic mass is 32.1. The van der Waals surface area contributed by atoms with Gasteiger partial charge in [0.05, 0.1) is 34.0 Å². The highest BCUT2D eigenvalue weighted by Gasteiger charge is 2.18. The van der Waals surface area contributed by atoms with Gasteiger partial charge in [-0.3, -0.25) is 14.8 Å². The van der Waals surface area contributed by atoms with E-state index in [0.29, 0.717) is 29.4 Å². The molecule has 10 heteroatoms. The summed E-state index contributed by atoms with van der Waals surface area (Å²) in [6, 6.07) is 18.0. The third-order valence-corrected chi connectivity index (χ3v) is 8.29. The number of carbonyl (C=O) groups is 1. The van der Waals surface area contributed by atoms with Crippen molar-refractivity contribution < 1.29 is 27.8 Å². The van der Waals surface area contributed by atoms with Crippen molar-refractivity contribution in [1.82, 2.24) is 9.97 Å². The summed E-state index contributed by atoms with van der Waals surface area (Å²) in [5, 5.41) is 0. The van der Waals surface area contributed by atoms with Crippen LogP contribution in [0.2, 0.25) is 0 Å².